The van der Waals surface area contributed by atoms with Crippen LogP contribution in [0.1, 0.15) is 13.3 Å². The van der Waals surface area contributed by atoms with Gasteiger partial charge in [-0.1, -0.05) is 0 Å². The molecule has 1 fully saturated rings. The van der Waals surface area contributed by atoms with Crippen molar-refractivity contribution < 1.29 is 9.05 Å². The summed E-state index contributed by atoms with van der Waals surface area (Å²) in [5.41, 5.74) is 0. The van der Waals surface area contributed by atoms with Crippen LogP contribution >= 0.6 is 7.34 Å². The van der Waals surface area contributed by atoms with Crippen LogP contribution < -0.4 is 0 Å². The maximum atomic E-state index is 5.45. The maximum Gasteiger partial charge on any atom is 0.117 e. The molecule has 0 aromatic carbocycles. The standard InChI is InChI=1S/C6H13O2P/c1-3-9(2)7-5-4-6-8-9/h3H,4-6H2,1-2H3. The van der Waals surface area contributed by atoms with Crippen LogP contribution in [0.3, 0.4) is 0 Å². The molecule has 0 atom stereocenters. The first-order valence-electron chi connectivity index (χ1n) is 3.23. The van der Waals surface area contributed by atoms with Crippen molar-refractivity contribution in [2.24, 2.45) is 0 Å². The number of hydrogen-bond acceptors (Lipinski definition) is 2. The van der Waals surface area contributed by atoms with Crippen LogP contribution in [0, 0.1) is 0 Å². The molecule has 3 heteroatoms. The highest BCUT2D eigenvalue weighted by molar-refractivity contribution is 7.65. The van der Waals surface area contributed by atoms with Gasteiger partial charge >= 0.3 is 0 Å². The van der Waals surface area contributed by atoms with E-state index in [-0.39, 0.29) is 0 Å². The molecule has 2 nitrogen and oxygen atoms in total. The van der Waals surface area contributed by atoms with Crippen LogP contribution in [-0.4, -0.2) is 25.7 Å². The number of hydrogen-bond donors (Lipinski definition) is 0. The average Bonchev–Trinajstić information content (AvgIpc) is 1.90. The summed E-state index contributed by atoms with van der Waals surface area (Å²) in [6, 6.07) is 0. The fourth-order valence-electron chi connectivity index (χ4n) is 0.737. The van der Waals surface area contributed by atoms with Gasteiger partial charge in [0.15, 0.2) is 0 Å². The summed E-state index contributed by atoms with van der Waals surface area (Å²) < 4.78 is 10.9. The Kier molecular flexibility index (Phi) is 2.34. The Labute approximate surface area is 56.3 Å². The molecule has 0 saturated carbocycles. The molecule has 1 aliphatic heterocycles. The van der Waals surface area contributed by atoms with Crippen molar-refractivity contribution >= 4 is 13.1 Å². The van der Waals surface area contributed by atoms with Crippen LogP contribution in [0.15, 0.2) is 0 Å². The molecule has 1 heterocycles. The van der Waals surface area contributed by atoms with Crippen LogP contribution in [0.4, 0.5) is 0 Å². The van der Waals surface area contributed by atoms with Crippen LogP contribution in [-0.2, 0) is 9.05 Å². The summed E-state index contributed by atoms with van der Waals surface area (Å²) in [5.74, 6) is 2.05. The lowest BCUT2D eigenvalue weighted by Gasteiger charge is -2.25. The molecule has 0 bridgehead atoms. The van der Waals surface area contributed by atoms with E-state index in [1.807, 2.05) is 19.4 Å². The van der Waals surface area contributed by atoms with Gasteiger partial charge in [0.2, 0.25) is 0 Å². The Morgan fingerprint density at radius 3 is 2.22 bits per heavy atom. The largest absolute Gasteiger partial charge is 0.337 e. The van der Waals surface area contributed by atoms with Gasteiger partial charge in [-0.25, -0.2) is 0 Å². The molecule has 1 saturated heterocycles. The summed E-state index contributed by atoms with van der Waals surface area (Å²) in [7, 11) is -1.47. The Balaban J connectivity index is 2.58. The van der Waals surface area contributed by atoms with E-state index < -0.39 is 7.34 Å². The Morgan fingerprint density at radius 1 is 1.33 bits per heavy atom. The monoisotopic (exact) mass is 148 g/mol. The molecule has 0 aliphatic carbocycles. The van der Waals surface area contributed by atoms with Crippen molar-refractivity contribution in [3.05, 3.63) is 0 Å². The van der Waals surface area contributed by atoms with Crippen molar-refractivity contribution in [3.63, 3.8) is 0 Å². The van der Waals surface area contributed by atoms with Gasteiger partial charge in [0.1, 0.15) is 7.34 Å². The first-order valence-corrected chi connectivity index (χ1v) is 5.37. The van der Waals surface area contributed by atoms with Gasteiger partial charge in [0, 0.05) is 6.66 Å². The summed E-state index contributed by atoms with van der Waals surface area (Å²) in [6.45, 7) is 5.79. The van der Waals surface area contributed by atoms with Gasteiger partial charge in [-0.3, -0.25) is 0 Å². The lowest BCUT2D eigenvalue weighted by Crippen LogP contribution is -2.08. The minimum absolute atomic E-state index is 0.870. The zero-order valence-corrected chi connectivity index (χ0v) is 6.86. The van der Waals surface area contributed by atoms with E-state index in [0.717, 1.165) is 19.6 Å². The van der Waals surface area contributed by atoms with E-state index in [1.165, 1.54) is 0 Å². The fourth-order valence-corrected chi connectivity index (χ4v) is 2.09. The fraction of sp³-hybridized carbons (Fsp3) is 0.833. The highest BCUT2D eigenvalue weighted by atomic mass is 31.2. The third kappa shape index (κ3) is 1.82. The summed E-state index contributed by atoms with van der Waals surface area (Å²) in [6.07, 6.45) is 1.05. The molecule has 0 aromatic rings. The maximum absolute atomic E-state index is 5.45. The van der Waals surface area contributed by atoms with E-state index in [2.05, 4.69) is 0 Å². The average molecular weight is 148 g/mol. The quantitative estimate of drug-likeness (QED) is 0.487. The Bertz CT molecular complexity index is 132. The molecule has 0 aromatic heterocycles. The van der Waals surface area contributed by atoms with Crippen molar-refractivity contribution in [3.8, 4) is 0 Å². The van der Waals surface area contributed by atoms with Crippen LogP contribution in [0.2, 0.25) is 0 Å². The van der Waals surface area contributed by atoms with E-state index in [4.69, 9.17) is 9.05 Å². The first-order chi connectivity index (χ1) is 4.27. The SMILES string of the molecule is CC=P1(C)OCCCO1. The minimum Gasteiger partial charge on any atom is -0.337 e. The normalized spacial score (nSPS) is 25.6. The smallest absolute Gasteiger partial charge is 0.117 e. The molecule has 0 N–H and O–H groups in total. The second-order valence-electron chi connectivity index (χ2n) is 2.19. The Morgan fingerprint density at radius 2 is 1.89 bits per heavy atom. The highest BCUT2D eigenvalue weighted by Gasteiger charge is 2.14. The summed E-state index contributed by atoms with van der Waals surface area (Å²) in [5, 5.41) is 0. The van der Waals surface area contributed by atoms with Crippen molar-refractivity contribution in [2.75, 3.05) is 19.9 Å². The summed E-state index contributed by atoms with van der Waals surface area (Å²) >= 11 is 0. The number of rotatable bonds is 0. The third-order valence-corrected chi connectivity index (χ3v) is 3.78. The van der Waals surface area contributed by atoms with Gasteiger partial charge in [-0.05, 0) is 19.1 Å². The van der Waals surface area contributed by atoms with Crippen LogP contribution in [0.5, 0.6) is 0 Å². The van der Waals surface area contributed by atoms with Gasteiger partial charge < -0.3 is 9.05 Å². The Hall–Kier alpha value is 0.220. The minimum atomic E-state index is -1.47. The molecule has 0 amide bonds. The van der Waals surface area contributed by atoms with E-state index in [9.17, 15) is 0 Å². The van der Waals surface area contributed by atoms with Gasteiger partial charge in [0.25, 0.3) is 0 Å². The van der Waals surface area contributed by atoms with E-state index in [0.29, 0.717) is 0 Å². The molecule has 1 aliphatic rings. The lowest BCUT2D eigenvalue weighted by atomic mass is 10.5. The molecule has 0 radical (unpaired) electrons. The molecule has 0 unspecified atom stereocenters. The second kappa shape index (κ2) is 2.87. The zero-order chi connectivity index (χ0) is 6.74. The predicted molar refractivity (Wildman–Crippen MR) is 41.1 cm³/mol. The van der Waals surface area contributed by atoms with Gasteiger partial charge in [-0.15, -0.1) is 0 Å². The van der Waals surface area contributed by atoms with Gasteiger partial charge in [0.05, 0.1) is 13.2 Å². The first kappa shape index (κ1) is 7.33. The van der Waals surface area contributed by atoms with Crippen molar-refractivity contribution in [1.29, 1.82) is 0 Å². The molecule has 9 heavy (non-hydrogen) atoms. The van der Waals surface area contributed by atoms with Crippen LogP contribution in [0.25, 0.3) is 0 Å². The van der Waals surface area contributed by atoms with Crippen molar-refractivity contribution in [1.82, 2.24) is 0 Å². The molecule has 54 valence electrons. The molecular formula is C6H13O2P. The lowest BCUT2D eigenvalue weighted by molar-refractivity contribution is 0.181. The second-order valence-corrected chi connectivity index (χ2v) is 5.04. The molecule has 0 spiro atoms. The van der Waals surface area contributed by atoms with Gasteiger partial charge in [-0.2, -0.15) is 0 Å². The van der Waals surface area contributed by atoms with Crippen molar-refractivity contribution in [2.45, 2.75) is 13.3 Å². The summed E-state index contributed by atoms with van der Waals surface area (Å²) in [4.78, 5) is 0. The zero-order valence-electron chi connectivity index (χ0n) is 5.96. The van der Waals surface area contributed by atoms with E-state index in [1.54, 1.807) is 0 Å². The predicted octanol–water partition coefficient (Wildman–Crippen LogP) is 1.72. The topological polar surface area (TPSA) is 18.5 Å². The molecular weight excluding hydrogens is 135 g/mol. The third-order valence-electron chi connectivity index (χ3n) is 1.45. The highest BCUT2D eigenvalue weighted by Crippen LogP contribution is 2.47. The van der Waals surface area contributed by atoms with E-state index >= 15 is 0 Å². The molecule has 1 rings (SSSR count).